The van der Waals surface area contributed by atoms with Gasteiger partial charge in [-0.2, -0.15) is 13.2 Å². The second-order valence-electron chi connectivity index (χ2n) is 6.25. The lowest BCUT2D eigenvalue weighted by Gasteiger charge is -2.26. The van der Waals surface area contributed by atoms with Crippen LogP contribution in [-0.2, 0) is 12.7 Å². The number of nitrogen functional groups attached to an aromatic ring is 1. The van der Waals surface area contributed by atoms with Crippen LogP contribution in [0.3, 0.4) is 0 Å². The molecule has 1 aliphatic rings. The predicted octanol–water partition coefficient (Wildman–Crippen LogP) is 4.71. The van der Waals surface area contributed by atoms with Crippen molar-refractivity contribution in [1.82, 2.24) is 9.88 Å². The summed E-state index contributed by atoms with van der Waals surface area (Å²) >= 11 is 1.37. The number of nitrogens with two attached hydrogens (primary N) is 1. The van der Waals surface area contributed by atoms with E-state index < -0.39 is 11.7 Å². The van der Waals surface area contributed by atoms with E-state index in [1.54, 1.807) is 13.0 Å². The number of aromatic nitrogens is 1. The van der Waals surface area contributed by atoms with Crippen LogP contribution in [0.4, 0.5) is 18.3 Å². The van der Waals surface area contributed by atoms with E-state index in [0.717, 1.165) is 36.9 Å². The highest BCUT2D eigenvalue weighted by atomic mass is 32.1. The molecule has 24 heavy (non-hydrogen) atoms. The molecule has 1 fully saturated rings. The topological polar surface area (TPSA) is 42.1 Å². The number of alkyl halides is 3. The zero-order chi connectivity index (χ0) is 17.3. The SMILES string of the molecule is Cc1cc(-c2nc(N)sc2CN2CCCCC2)cc(C(F)(F)F)c1. The molecule has 0 saturated carbocycles. The van der Waals surface area contributed by atoms with Crippen molar-refractivity contribution in [3.8, 4) is 11.3 Å². The van der Waals surface area contributed by atoms with Crippen molar-refractivity contribution in [1.29, 1.82) is 0 Å². The maximum atomic E-state index is 13.1. The van der Waals surface area contributed by atoms with Crippen LogP contribution in [0.1, 0.15) is 35.3 Å². The van der Waals surface area contributed by atoms with Crippen molar-refractivity contribution in [2.75, 3.05) is 18.8 Å². The minimum atomic E-state index is -4.37. The molecule has 3 nitrogen and oxygen atoms in total. The van der Waals surface area contributed by atoms with Crippen LogP contribution < -0.4 is 5.73 Å². The average Bonchev–Trinajstić information content (AvgIpc) is 2.87. The molecular weight excluding hydrogens is 335 g/mol. The number of likely N-dealkylation sites (tertiary alicyclic amines) is 1. The highest BCUT2D eigenvalue weighted by Gasteiger charge is 2.31. The minimum absolute atomic E-state index is 0.395. The Hall–Kier alpha value is -1.60. The molecule has 7 heteroatoms. The second kappa shape index (κ2) is 6.72. The standard InChI is InChI=1S/C17H20F3N3S/c1-11-7-12(9-13(8-11)17(18,19)20)15-14(24-16(21)22-15)10-23-5-3-2-4-6-23/h7-9H,2-6,10H2,1H3,(H2,21,22). The van der Waals surface area contributed by atoms with E-state index in [2.05, 4.69) is 9.88 Å². The molecule has 0 spiro atoms. The van der Waals surface area contributed by atoms with Crippen molar-refractivity contribution in [3.63, 3.8) is 0 Å². The Labute approximate surface area is 143 Å². The summed E-state index contributed by atoms with van der Waals surface area (Å²) in [6.07, 6.45) is -0.811. The molecule has 1 aromatic heterocycles. The molecule has 0 bridgehead atoms. The van der Waals surface area contributed by atoms with Gasteiger partial charge in [-0.25, -0.2) is 4.98 Å². The van der Waals surface area contributed by atoms with E-state index in [-0.39, 0.29) is 0 Å². The van der Waals surface area contributed by atoms with Gasteiger partial charge in [-0.05, 0) is 56.6 Å². The second-order valence-corrected chi connectivity index (χ2v) is 7.36. The minimum Gasteiger partial charge on any atom is -0.375 e. The van der Waals surface area contributed by atoms with Gasteiger partial charge in [0.25, 0.3) is 0 Å². The Kier molecular flexibility index (Phi) is 4.83. The molecule has 0 unspecified atom stereocenters. The van der Waals surface area contributed by atoms with Crippen molar-refractivity contribution < 1.29 is 13.2 Å². The van der Waals surface area contributed by atoms with E-state index in [9.17, 15) is 13.2 Å². The fraction of sp³-hybridized carbons (Fsp3) is 0.471. The molecule has 3 rings (SSSR count). The first-order valence-corrected chi connectivity index (χ1v) is 8.81. The van der Waals surface area contributed by atoms with E-state index in [4.69, 9.17) is 5.73 Å². The summed E-state index contributed by atoms with van der Waals surface area (Å²) in [5, 5.41) is 0.395. The first-order chi connectivity index (χ1) is 11.3. The quantitative estimate of drug-likeness (QED) is 0.867. The monoisotopic (exact) mass is 355 g/mol. The summed E-state index contributed by atoms with van der Waals surface area (Å²) in [7, 11) is 0. The van der Waals surface area contributed by atoms with Crippen LogP contribution in [0, 0.1) is 6.92 Å². The number of aryl methyl sites for hydroxylation is 1. The number of piperidine rings is 1. The average molecular weight is 355 g/mol. The number of rotatable bonds is 3. The van der Waals surface area contributed by atoms with Crippen molar-refractivity contribution in [2.24, 2.45) is 0 Å². The highest BCUT2D eigenvalue weighted by Crippen LogP contribution is 2.36. The van der Waals surface area contributed by atoms with Gasteiger partial charge in [-0.15, -0.1) is 11.3 Å². The number of anilines is 1. The first kappa shape index (κ1) is 17.2. The van der Waals surface area contributed by atoms with Gasteiger partial charge in [-0.3, -0.25) is 4.90 Å². The number of hydrogen-bond donors (Lipinski definition) is 1. The lowest BCUT2D eigenvalue weighted by atomic mass is 10.0. The van der Waals surface area contributed by atoms with Gasteiger partial charge in [0.05, 0.1) is 11.3 Å². The summed E-state index contributed by atoms with van der Waals surface area (Å²) in [6.45, 7) is 4.38. The maximum Gasteiger partial charge on any atom is 0.416 e. The lowest BCUT2D eigenvalue weighted by molar-refractivity contribution is -0.137. The number of thiazole rings is 1. The molecule has 1 saturated heterocycles. The normalized spacial score (nSPS) is 16.5. The van der Waals surface area contributed by atoms with E-state index in [1.807, 2.05) is 0 Å². The largest absolute Gasteiger partial charge is 0.416 e. The zero-order valence-corrected chi connectivity index (χ0v) is 14.3. The van der Waals surface area contributed by atoms with Gasteiger partial charge in [0.1, 0.15) is 0 Å². The van der Waals surface area contributed by atoms with Gasteiger partial charge in [0, 0.05) is 17.0 Å². The molecule has 2 aromatic rings. The molecular formula is C17H20F3N3S. The Balaban J connectivity index is 1.96. The third-order valence-electron chi connectivity index (χ3n) is 4.21. The maximum absolute atomic E-state index is 13.1. The van der Waals surface area contributed by atoms with Gasteiger partial charge in [-0.1, -0.05) is 6.42 Å². The van der Waals surface area contributed by atoms with E-state index >= 15 is 0 Å². The Morgan fingerprint density at radius 2 is 1.88 bits per heavy atom. The Bertz CT molecular complexity index is 718. The van der Waals surface area contributed by atoms with Gasteiger partial charge < -0.3 is 5.73 Å². The molecule has 0 amide bonds. The van der Waals surface area contributed by atoms with Crippen LogP contribution >= 0.6 is 11.3 Å². The van der Waals surface area contributed by atoms with Gasteiger partial charge in [0.2, 0.25) is 0 Å². The van der Waals surface area contributed by atoms with Crippen LogP contribution in [0.25, 0.3) is 11.3 Å². The summed E-state index contributed by atoms with van der Waals surface area (Å²) in [6, 6.07) is 4.06. The van der Waals surface area contributed by atoms with E-state index in [0.29, 0.717) is 28.5 Å². The molecule has 1 aromatic carbocycles. The van der Waals surface area contributed by atoms with Gasteiger partial charge >= 0.3 is 6.18 Å². The van der Waals surface area contributed by atoms with Crippen LogP contribution in [-0.4, -0.2) is 23.0 Å². The fourth-order valence-electron chi connectivity index (χ4n) is 3.11. The highest BCUT2D eigenvalue weighted by molar-refractivity contribution is 7.15. The summed E-state index contributed by atoms with van der Waals surface area (Å²) < 4.78 is 39.3. The molecule has 130 valence electrons. The Morgan fingerprint density at radius 3 is 2.54 bits per heavy atom. The van der Waals surface area contributed by atoms with Crippen molar-refractivity contribution in [2.45, 2.75) is 38.9 Å². The van der Waals surface area contributed by atoms with Crippen molar-refractivity contribution >= 4 is 16.5 Å². The molecule has 2 heterocycles. The summed E-state index contributed by atoms with van der Waals surface area (Å²) in [5.74, 6) is 0. The van der Waals surface area contributed by atoms with Crippen LogP contribution in [0.5, 0.6) is 0 Å². The predicted molar refractivity (Wildman–Crippen MR) is 90.8 cm³/mol. The zero-order valence-electron chi connectivity index (χ0n) is 13.5. The van der Waals surface area contributed by atoms with Gasteiger partial charge in [0.15, 0.2) is 5.13 Å². The third kappa shape index (κ3) is 3.89. The molecule has 0 atom stereocenters. The molecule has 1 aliphatic heterocycles. The Morgan fingerprint density at radius 1 is 1.17 bits per heavy atom. The third-order valence-corrected chi connectivity index (χ3v) is 5.08. The van der Waals surface area contributed by atoms with Crippen LogP contribution in [0.15, 0.2) is 18.2 Å². The van der Waals surface area contributed by atoms with E-state index in [1.165, 1.54) is 23.8 Å². The molecule has 2 N–H and O–H groups in total. The summed E-state index contributed by atoms with van der Waals surface area (Å²) in [4.78, 5) is 7.57. The number of nitrogens with zero attached hydrogens (tertiary/aromatic N) is 2. The van der Waals surface area contributed by atoms with Crippen LogP contribution in [0.2, 0.25) is 0 Å². The lowest BCUT2D eigenvalue weighted by Crippen LogP contribution is -2.28. The number of benzene rings is 1. The molecule has 0 aliphatic carbocycles. The number of hydrogen-bond acceptors (Lipinski definition) is 4. The fourth-order valence-corrected chi connectivity index (χ4v) is 4.00. The summed E-state index contributed by atoms with van der Waals surface area (Å²) in [5.41, 5.74) is 6.84. The smallest absolute Gasteiger partial charge is 0.375 e. The number of halogens is 3. The van der Waals surface area contributed by atoms with Crippen molar-refractivity contribution in [3.05, 3.63) is 34.2 Å². The first-order valence-electron chi connectivity index (χ1n) is 8.00. The molecule has 0 radical (unpaired) electrons.